The molecule has 3 aromatic rings. The van der Waals surface area contributed by atoms with Crippen LogP contribution in [-0.2, 0) is 10.3 Å². The van der Waals surface area contributed by atoms with Crippen LogP contribution >= 0.6 is 0 Å². The van der Waals surface area contributed by atoms with Crippen molar-refractivity contribution >= 4 is 23.5 Å². The average molecular weight is 523 g/mol. The Morgan fingerprint density at radius 3 is 2.24 bits per heavy atom. The van der Waals surface area contributed by atoms with Gasteiger partial charge in [0.25, 0.3) is 11.8 Å². The van der Waals surface area contributed by atoms with E-state index in [9.17, 15) is 19.5 Å². The summed E-state index contributed by atoms with van der Waals surface area (Å²) in [4.78, 5) is 43.8. The maximum atomic E-state index is 13.7. The van der Waals surface area contributed by atoms with Crippen molar-refractivity contribution in [1.29, 1.82) is 0 Å². The summed E-state index contributed by atoms with van der Waals surface area (Å²) in [6.45, 7) is 10.3. The second-order valence-corrected chi connectivity index (χ2v) is 10.0. The molecule has 11 heteroatoms. The van der Waals surface area contributed by atoms with Crippen molar-refractivity contribution < 1.29 is 24.3 Å². The maximum absolute atomic E-state index is 13.7. The SMILES string of the molecule is CCN(C(=O)c1cc(N(OC)C(=O)c2ccc(C)c(-n3cc(C(=O)O)nn3)c2)cc(C(C)(C)C)c1)N(C)C. The molecule has 0 saturated heterocycles. The smallest absolute Gasteiger partial charge is 0.358 e. The Morgan fingerprint density at radius 2 is 1.71 bits per heavy atom. The van der Waals surface area contributed by atoms with E-state index in [1.165, 1.54) is 18.0 Å². The molecular formula is C27H34N6O5. The van der Waals surface area contributed by atoms with Crippen LogP contribution in [0.2, 0.25) is 0 Å². The molecule has 202 valence electrons. The fraction of sp³-hybridized carbons (Fsp3) is 0.370. The number of carbonyl (C=O) groups excluding carboxylic acids is 2. The number of hydroxylamine groups is 1. The van der Waals surface area contributed by atoms with Gasteiger partial charge in [-0.15, -0.1) is 5.10 Å². The average Bonchev–Trinajstić information content (AvgIpc) is 3.34. The van der Waals surface area contributed by atoms with E-state index in [4.69, 9.17) is 4.84 Å². The number of amides is 2. The lowest BCUT2D eigenvalue weighted by atomic mass is 9.85. The highest BCUT2D eigenvalue weighted by Gasteiger charge is 2.26. The van der Waals surface area contributed by atoms with Crippen LogP contribution in [0.15, 0.2) is 42.6 Å². The van der Waals surface area contributed by atoms with E-state index in [1.54, 1.807) is 48.4 Å². The van der Waals surface area contributed by atoms with Crippen LogP contribution in [0.5, 0.6) is 0 Å². The van der Waals surface area contributed by atoms with Gasteiger partial charge in [-0.2, -0.15) is 5.06 Å². The van der Waals surface area contributed by atoms with Gasteiger partial charge in [0.15, 0.2) is 5.69 Å². The number of carbonyl (C=O) groups is 3. The number of anilines is 1. The summed E-state index contributed by atoms with van der Waals surface area (Å²) in [6, 6.07) is 10.3. The number of carboxylic acid groups (broad SMARTS) is 1. The zero-order valence-electron chi connectivity index (χ0n) is 23.0. The van der Waals surface area contributed by atoms with Crippen molar-refractivity contribution in [3.05, 3.63) is 70.5 Å². The van der Waals surface area contributed by atoms with E-state index in [-0.39, 0.29) is 22.6 Å². The van der Waals surface area contributed by atoms with Gasteiger partial charge in [0, 0.05) is 31.8 Å². The summed E-state index contributed by atoms with van der Waals surface area (Å²) in [5.74, 6) is -1.88. The number of carboxylic acids is 1. The van der Waals surface area contributed by atoms with E-state index in [0.717, 1.165) is 16.2 Å². The van der Waals surface area contributed by atoms with Crippen LogP contribution in [0.1, 0.15) is 70.0 Å². The molecule has 0 saturated carbocycles. The summed E-state index contributed by atoms with van der Waals surface area (Å²) in [5.41, 5.74) is 2.69. The van der Waals surface area contributed by atoms with E-state index < -0.39 is 11.9 Å². The lowest BCUT2D eigenvalue weighted by molar-refractivity contribution is 0.0229. The molecule has 3 rings (SSSR count). The van der Waals surface area contributed by atoms with Crippen LogP contribution in [0.4, 0.5) is 5.69 Å². The summed E-state index contributed by atoms with van der Waals surface area (Å²) in [5, 5.41) is 21.2. The minimum Gasteiger partial charge on any atom is -0.476 e. The number of rotatable bonds is 8. The predicted octanol–water partition coefficient (Wildman–Crippen LogP) is 3.72. The molecule has 11 nitrogen and oxygen atoms in total. The molecule has 1 heterocycles. The van der Waals surface area contributed by atoms with Gasteiger partial charge in [-0.3, -0.25) is 19.4 Å². The fourth-order valence-corrected chi connectivity index (χ4v) is 3.93. The van der Waals surface area contributed by atoms with Crippen molar-refractivity contribution in [1.82, 2.24) is 25.0 Å². The Morgan fingerprint density at radius 1 is 1.03 bits per heavy atom. The molecule has 0 spiro atoms. The van der Waals surface area contributed by atoms with E-state index in [1.807, 2.05) is 46.8 Å². The Hall–Kier alpha value is -4.09. The molecule has 0 aliphatic carbocycles. The van der Waals surface area contributed by atoms with Crippen LogP contribution in [0.25, 0.3) is 5.69 Å². The molecule has 38 heavy (non-hydrogen) atoms. The van der Waals surface area contributed by atoms with Crippen molar-refractivity contribution in [2.24, 2.45) is 0 Å². The summed E-state index contributed by atoms with van der Waals surface area (Å²) in [7, 11) is 4.97. The quantitative estimate of drug-likeness (QED) is 0.445. The molecule has 0 aliphatic heterocycles. The highest BCUT2D eigenvalue weighted by molar-refractivity contribution is 6.06. The number of hydrogen-bond donors (Lipinski definition) is 1. The second kappa shape index (κ2) is 11.1. The number of hydrogen-bond acceptors (Lipinski definition) is 7. The first kappa shape index (κ1) is 28.5. The van der Waals surface area contributed by atoms with Crippen molar-refractivity contribution in [2.75, 3.05) is 32.8 Å². The standard InChI is InChI=1S/C27H34N6O5/c1-9-32(30(6)7)24(34)19-12-20(27(3,4)5)15-21(13-19)33(38-8)25(35)18-11-10-17(2)23(14-18)31-16-22(26(36)37)28-29-31/h10-16H,9H2,1-8H3,(H,36,37). The number of nitrogens with zero attached hydrogens (tertiary/aromatic N) is 6. The number of aryl methyl sites for hydroxylation is 1. The minimum atomic E-state index is -1.20. The van der Waals surface area contributed by atoms with Gasteiger partial charge < -0.3 is 5.11 Å². The summed E-state index contributed by atoms with van der Waals surface area (Å²) >= 11 is 0. The third-order valence-electron chi connectivity index (χ3n) is 6.06. The normalized spacial score (nSPS) is 11.5. The minimum absolute atomic E-state index is 0.202. The topological polar surface area (TPSA) is 121 Å². The molecule has 2 aromatic carbocycles. The third kappa shape index (κ3) is 5.90. The number of benzene rings is 2. The first-order valence-corrected chi connectivity index (χ1v) is 12.1. The second-order valence-electron chi connectivity index (χ2n) is 10.0. The fourth-order valence-electron chi connectivity index (χ4n) is 3.93. The lowest BCUT2D eigenvalue weighted by Crippen LogP contribution is -2.42. The van der Waals surface area contributed by atoms with Gasteiger partial charge in [-0.1, -0.05) is 32.1 Å². The van der Waals surface area contributed by atoms with Gasteiger partial charge >= 0.3 is 5.97 Å². The van der Waals surface area contributed by atoms with Gasteiger partial charge in [0.05, 0.1) is 24.7 Å². The van der Waals surface area contributed by atoms with E-state index in [2.05, 4.69) is 10.3 Å². The van der Waals surface area contributed by atoms with E-state index in [0.29, 0.717) is 23.5 Å². The Labute approximate surface area is 222 Å². The molecule has 0 atom stereocenters. The molecule has 0 bridgehead atoms. The van der Waals surface area contributed by atoms with Gasteiger partial charge in [-0.05, 0) is 60.7 Å². The van der Waals surface area contributed by atoms with E-state index >= 15 is 0 Å². The first-order chi connectivity index (χ1) is 17.8. The summed E-state index contributed by atoms with van der Waals surface area (Å²) < 4.78 is 1.31. The molecule has 1 N–H and O–H groups in total. The van der Waals surface area contributed by atoms with Gasteiger partial charge in [0.2, 0.25) is 0 Å². The largest absolute Gasteiger partial charge is 0.476 e. The first-order valence-electron chi connectivity index (χ1n) is 12.1. The summed E-state index contributed by atoms with van der Waals surface area (Å²) in [6.07, 6.45) is 1.28. The molecule has 0 unspecified atom stereocenters. The number of hydrazine groups is 1. The van der Waals surface area contributed by atoms with Crippen LogP contribution in [-0.4, -0.2) is 75.7 Å². The molecule has 0 aliphatic rings. The number of aromatic carboxylic acids is 1. The highest BCUT2D eigenvalue weighted by atomic mass is 16.7. The Bertz CT molecular complexity index is 1360. The lowest BCUT2D eigenvalue weighted by Gasteiger charge is -2.29. The molecule has 0 radical (unpaired) electrons. The van der Waals surface area contributed by atoms with Crippen molar-refractivity contribution in [3.63, 3.8) is 0 Å². The molecule has 1 aromatic heterocycles. The van der Waals surface area contributed by atoms with Crippen molar-refractivity contribution in [2.45, 2.75) is 40.0 Å². The maximum Gasteiger partial charge on any atom is 0.358 e. The zero-order chi connectivity index (χ0) is 28.4. The van der Waals surface area contributed by atoms with Crippen LogP contribution in [0.3, 0.4) is 0 Å². The molecular weight excluding hydrogens is 488 g/mol. The predicted molar refractivity (Wildman–Crippen MR) is 142 cm³/mol. The van der Waals surface area contributed by atoms with Crippen molar-refractivity contribution in [3.8, 4) is 5.69 Å². The highest BCUT2D eigenvalue weighted by Crippen LogP contribution is 2.30. The van der Waals surface area contributed by atoms with Crippen LogP contribution < -0.4 is 5.06 Å². The zero-order valence-corrected chi connectivity index (χ0v) is 23.0. The number of aromatic nitrogens is 3. The van der Waals surface area contributed by atoms with Gasteiger partial charge in [0.1, 0.15) is 0 Å². The Kier molecular flexibility index (Phi) is 8.33. The monoisotopic (exact) mass is 522 g/mol. The van der Waals surface area contributed by atoms with Crippen LogP contribution in [0, 0.1) is 6.92 Å². The Balaban J connectivity index is 2.08. The molecule has 2 amide bonds. The third-order valence-corrected chi connectivity index (χ3v) is 6.06. The molecule has 0 fully saturated rings. The van der Waals surface area contributed by atoms with Gasteiger partial charge in [-0.25, -0.2) is 14.5 Å².